The highest BCUT2D eigenvalue weighted by Gasteiger charge is 2.38. The number of nitro benzene ring substituents is 1. The molecule has 186 valence electrons. The number of sulfonamides is 1. The number of fused-ring (bicyclic) bond motifs is 3. The minimum absolute atomic E-state index is 0.0123. The second-order valence-electron chi connectivity index (χ2n) is 8.75. The lowest BCUT2D eigenvalue weighted by Gasteiger charge is -2.37. The highest BCUT2D eigenvalue weighted by molar-refractivity contribution is 7.92. The van der Waals surface area contributed by atoms with Crippen molar-refractivity contribution >= 4 is 27.1 Å². The van der Waals surface area contributed by atoms with Gasteiger partial charge in [-0.1, -0.05) is 24.3 Å². The van der Waals surface area contributed by atoms with Gasteiger partial charge in [-0.05, 0) is 53.8 Å². The van der Waals surface area contributed by atoms with Crippen LogP contribution in [0.1, 0.15) is 29.5 Å². The molecule has 0 aromatic heterocycles. The first-order valence-electron chi connectivity index (χ1n) is 11.4. The first-order valence-corrected chi connectivity index (χ1v) is 12.9. The number of non-ortho nitro benzene ring substituents is 1. The molecule has 1 aliphatic carbocycles. The molecule has 2 N–H and O–H groups in total. The molecular weight excluding hydrogens is 482 g/mol. The van der Waals surface area contributed by atoms with Gasteiger partial charge in [-0.15, -0.1) is 0 Å². The summed E-state index contributed by atoms with van der Waals surface area (Å²) >= 11 is 0. The van der Waals surface area contributed by atoms with Gasteiger partial charge in [0, 0.05) is 29.8 Å². The molecule has 9 nitrogen and oxygen atoms in total. The second kappa shape index (κ2) is 9.19. The van der Waals surface area contributed by atoms with Crippen LogP contribution in [0, 0.1) is 16.0 Å². The predicted octanol–water partition coefficient (Wildman–Crippen LogP) is 5.24. The van der Waals surface area contributed by atoms with Crippen LogP contribution in [0.5, 0.6) is 11.5 Å². The summed E-state index contributed by atoms with van der Waals surface area (Å²) in [5.41, 5.74) is 2.92. The van der Waals surface area contributed by atoms with E-state index in [0.29, 0.717) is 17.2 Å². The normalized spacial score (nSPS) is 20.1. The van der Waals surface area contributed by atoms with Crippen molar-refractivity contribution in [3.05, 3.63) is 94.1 Å². The van der Waals surface area contributed by atoms with E-state index >= 15 is 0 Å². The van der Waals surface area contributed by atoms with Gasteiger partial charge >= 0.3 is 0 Å². The Balaban J connectivity index is 1.46. The van der Waals surface area contributed by atoms with Crippen molar-refractivity contribution in [1.82, 2.24) is 0 Å². The first kappa shape index (κ1) is 23.7. The number of methoxy groups -OCH3 is 2. The summed E-state index contributed by atoms with van der Waals surface area (Å²) in [7, 11) is -0.878. The molecule has 3 atom stereocenters. The van der Waals surface area contributed by atoms with Gasteiger partial charge < -0.3 is 14.8 Å². The molecule has 3 aromatic carbocycles. The fraction of sp³-hybridized carbons (Fsp3) is 0.231. The Kier molecular flexibility index (Phi) is 6.05. The Hall–Kier alpha value is -4.05. The lowest BCUT2D eigenvalue weighted by molar-refractivity contribution is -0.384. The van der Waals surface area contributed by atoms with E-state index in [-0.39, 0.29) is 28.5 Å². The number of hydrogen-bond acceptors (Lipinski definition) is 7. The molecule has 0 bridgehead atoms. The molecule has 1 aliphatic heterocycles. The number of anilines is 2. The molecule has 0 spiro atoms. The number of benzene rings is 3. The zero-order valence-corrected chi connectivity index (χ0v) is 20.5. The predicted molar refractivity (Wildman–Crippen MR) is 136 cm³/mol. The van der Waals surface area contributed by atoms with Crippen molar-refractivity contribution in [2.24, 2.45) is 5.92 Å². The van der Waals surface area contributed by atoms with E-state index in [0.717, 1.165) is 23.2 Å². The van der Waals surface area contributed by atoms with Crippen molar-refractivity contribution in [3.63, 3.8) is 0 Å². The number of hydrogen-bond donors (Lipinski definition) is 2. The number of nitrogens with zero attached hydrogens (tertiary/aromatic N) is 1. The van der Waals surface area contributed by atoms with Gasteiger partial charge in [-0.25, -0.2) is 8.42 Å². The van der Waals surface area contributed by atoms with Crippen molar-refractivity contribution in [1.29, 1.82) is 0 Å². The average Bonchev–Trinajstić information content (AvgIpc) is 3.38. The molecule has 0 unspecified atom stereocenters. The molecule has 0 radical (unpaired) electrons. The zero-order chi connectivity index (χ0) is 25.4. The molecule has 0 saturated carbocycles. The third-order valence-electron chi connectivity index (χ3n) is 6.72. The van der Waals surface area contributed by atoms with Crippen molar-refractivity contribution < 1.29 is 22.8 Å². The van der Waals surface area contributed by atoms with Crippen LogP contribution in [0.3, 0.4) is 0 Å². The molecule has 1 heterocycles. The molecule has 0 saturated heterocycles. The minimum atomic E-state index is -3.87. The molecule has 2 aliphatic rings. The van der Waals surface area contributed by atoms with E-state index in [2.05, 4.69) is 22.2 Å². The Morgan fingerprint density at radius 3 is 2.58 bits per heavy atom. The average molecular weight is 508 g/mol. The van der Waals surface area contributed by atoms with Gasteiger partial charge in [0.1, 0.15) is 0 Å². The van der Waals surface area contributed by atoms with Crippen LogP contribution in [0.4, 0.5) is 17.1 Å². The minimum Gasteiger partial charge on any atom is -0.493 e. The molecule has 5 rings (SSSR count). The van der Waals surface area contributed by atoms with E-state index in [1.165, 1.54) is 20.3 Å². The van der Waals surface area contributed by atoms with Crippen LogP contribution in [-0.2, 0) is 10.0 Å². The Morgan fingerprint density at radius 1 is 1.03 bits per heavy atom. The fourth-order valence-corrected chi connectivity index (χ4v) is 6.10. The highest BCUT2D eigenvalue weighted by atomic mass is 32.2. The molecular formula is C26H25N3O6S. The van der Waals surface area contributed by atoms with Crippen LogP contribution in [0.15, 0.2) is 77.7 Å². The first-order chi connectivity index (χ1) is 17.3. The number of rotatable bonds is 7. The van der Waals surface area contributed by atoms with E-state index in [1.807, 2.05) is 6.07 Å². The standard InChI is InChI=1S/C26H25N3O6S/c1-34-24-12-9-17(14-25(24)35-2)28-36(32,33)19-10-11-23-22(15-19)20-7-4-8-21(20)26(27-23)16-5-3-6-18(13-16)29(30)31/h3-7,9-15,20-21,26-28H,8H2,1-2H3/t20-,21+,26+/m0/s1. The number of nitrogens with one attached hydrogen (secondary N) is 2. The summed E-state index contributed by atoms with van der Waals surface area (Å²) < 4.78 is 39.6. The van der Waals surface area contributed by atoms with E-state index < -0.39 is 14.9 Å². The maximum absolute atomic E-state index is 13.2. The van der Waals surface area contributed by atoms with E-state index in [9.17, 15) is 18.5 Å². The van der Waals surface area contributed by atoms with Gasteiger partial charge in [0.15, 0.2) is 11.5 Å². The highest BCUT2D eigenvalue weighted by Crippen LogP contribution is 2.50. The van der Waals surface area contributed by atoms with Gasteiger partial charge in [0.25, 0.3) is 15.7 Å². The van der Waals surface area contributed by atoms with Gasteiger partial charge in [0.2, 0.25) is 0 Å². The van der Waals surface area contributed by atoms with Gasteiger partial charge in [-0.2, -0.15) is 0 Å². The maximum atomic E-state index is 13.2. The molecule has 10 heteroatoms. The lowest BCUT2D eigenvalue weighted by atomic mass is 9.77. The molecule has 3 aromatic rings. The number of nitro groups is 1. The summed E-state index contributed by atoms with van der Waals surface area (Å²) in [6.45, 7) is 0. The number of ether oxygens (including phenoxy) is 2. The fourth-order valence-electron chi connectivity index (χ4n) is 5.02. The van der Waals surface area contributed by atoms with Crippen LogP contribution >= 0.6 is 0 Å². The van der Waals surface area contributed by atoms with Crippen LogP contribution in [-0.4, -0.2) is 27.6 Å². The Labute approximate surface area is 209 Å². The summed E-state index contributed by atoms with van der Waals surface area (Å²) in [5.74, 6) is 1.01. The van der Waals surface area contributed by atoms with E-state index in [4.69, 9.17) is 9.47 Å². The molecule has 0 amide bonds. The van der Waals surface area contributed by atoms with Crippen LogP contribution < -0.4 is 19.5 Å². The Bertz CT molecular complexity index is 1470. The summed E-state index contributed by atoms with van der Waals surface area (Å²) in [5, 5.41) is 14.8. The van der Waals surface area contributed by atoms with Crippen LogP contribution in [0.2, 0.25) is 0 Å². The largest absolute Gasteiger partial charge is 0.493 e. The zero-order valence-electron chi connectivity index (χ0n) is 19.7. The summed E-state index contributed by atoms with van der Waals surface area (Å²) in [6.07, 6.45) is 4.96. The monoisotopic (exact) mass is 507 g/mol. The van der Waals surface area contributed by atoms with E-state index in [1.54, 1.807) is 48.5 Å². The lowest BCUT2D eigenvalue weighted by Crippen LogP contribution is -2.29. The SMILES string of the molecule is COc1ccc(NS(=O)(=O)c2ccc3c(c2)[C@H]2C=CC[C@H]2[C@@H](c2cccc([N+](=O)[O-])c2)N3)cc1OC. The third-order valence-corrected chi connectivity index (χ3v) is 8.10. The third kappa shape index (κ3) is 4.24. The smallest absolute Gasteiger partial charge is 0.269 e. The van der Waals surface area contributed by atoms with Crippen molar-refractivity contribution in [2.75, 3.05) is 24.3 Å². The van der Waals surface area contributed by atoms with Crippen LogP contribution in [0.25, 0.3) is 0 Å². The van der Waals surface area contributed by atoms with Gasteiger partial charge in [-0.3, -0.25) is 14.8 Å². The quantitative estimate of drug-likeness (QED) is 0.255. The summed E-state index contributed by atoms with van der Waals surface area (Å²) in [4.78, 5) is 11.0. The van der Waals surface area contributed by atoms with Crippen molar-refractivity contribution in [2.45, 2.75) is 23.3 Å². The number of allylic oxidation sites excluding steroid dienone is 2. The van der Waals surface area contributed by atoms with Crippen molar-refractivity contribution in [3.8, 4) is 11.5 Å². The maximum Gasteiger partial charge on any atom is 0.269 e. The topological polar surface area (TPSA) is 120 Å². The second-order valence-corrected chi connectivity index (χ2v) is 10.4. The summed E-state index contributed by atoms with van der Waals surface area (Å²) in [6, 6.07) is 16.3. The molecule has 36 heavy (non-hydrogen) atoms. The van der Waals surface area contributed by atoms with Gasteiger partial charge in [0.05, 0.1) is 35.8 Å². The Morgan fingerprint density at radius 2 is 1.83 bits per heavy atom. The molecule has 0 fully saturated rings.